The highest BCUT2D eigenvalue weighted by Gasteiger charge is 2.50. The maximum absolute atomic E-state index is 11.9. The van der Waals surface area contributed by atoms with E-state index in [1.165, 1.54) is 0 Å². The second-order valence-electron chi connectivity index (χ2n) is 4.27. The molecule has 1 amide bonds. The summed E-state index contributed by atoms with van der Waals surface area (Å²) >= 11 is 5.24. The Kier molecular flexibility index (Phi) is 2.46. The molecule has 4 heteroatoms. The van der Waals surface area contributed by atoms with Crippen molar-refractivity contribution in [3.8, 4) is 5.75 Å². The minimum atomic E-state index is -0.505. The lowest BCUT2D eigenvalue weighted by atomic mass is 9.82. The van der Waals surface area contributed by atoms with Gasteiger partial charge in [0.2, 0.25) is 5.91 Å². The molecular formula is C12H13NO2S. The lowest BCUT2D eigenvalue weighted by Gasteiger charge is -2.44. The first-order valence-corrected chi connectivity index (χ1v) is 5.42. The average Bonchev–Trinajstić information content (AvgIpc) is 2.30. The maximum atomic E-state index is 11.9. The van der Waals surface area contributed by atoms with Gasteiger partial charge in [-0.2, -0.15) is 0 Å². The molecule has 1 aromatic carbocycles. The minimum absolute atomic E-state index is 0.0441. The summed E-state index contributed by atoms with van der Waals surface area (Å²) in [6.45, 7) is 3.69. The Morgan fingerprint density at radius 2 is 1.81 bits per heavy atom. The molecule has 0 radical (unpaired) electrons. The number of methoxy groups -OCH3 is 1. The molecule has 2 rings (SSSR count). The zero-order valence-corrected chi connectivity index (χ0v) is 10.3. The van der Waals surface area contributed by atoms with E-state index in [1.807, 2.05) is 38.1 Å². The highest BCUT2D eigenvalue weighted by Crippen LogP contribution is 2.38. The van der Waals surface area contributed by atoms with E-state index in [0.717, 1.165) is 11.4 Å². The molecule has 0 aliphatic carbocycles. The predicted molar refractivity (Wildman–Crippen MR) is 66.9 cm³/mol. The number of hydrogen-bond acceptors (Lipinski definition) is 3. The van der Waals surface area contributed by atoms with E-state index in [0.29, 0.717) is 4.99 Å². The molecule has 3 nitrogen and oxygen atoms in total. The number of β-lactam (4-membered cyclic amide) rings is 1. The van der Waals surface area contributed by atoms with Crippen molar-refractivity contribution >= 4 is 28.8 Å². The number of thiocarbonyl (C=S) groups is 1. The molecule has 1 aliphatic rings. The van der Waals surface area contributed by atoms with Crippen LogP contribution in [-0.4, -0.2) is 18.0 Å². The van der Waals surface area contributed by atoms with E-state index in [2.05, 4.69) is 0 Å². The van der Waals surface area contributed by atoms with E-state index in [-0.39, 0.29) is 5.91 Å². The SMILES string of the molecule is COc1ccc(N2C(=O)C(C)(C)C2=S)cc1. The van der Waals surface area contributed by atoms with E-state index >= 15 is 0 Å². The molecule has 0 spiro atoms. The van der Waals surface area contributed by atoms with Crippen molar-refractivity contribution in [2.24, 2.45) is 5.41 Å². The van der Waals surface area contributed by atoms with Gasteiger partial charge in [-0.05, 0) is 38.1 Å². The lowest BCUT2D eigenvalue weighted by molar-refractivity contribution is -0.125. The van der Waals surface area contributed by atoms with Gasteiger partial charge in [0.15, 0.2) is 0 Å². The Morgan fingerprint density at radius 1 is 1.25 bits per heavy atom. The van der Waals surface area contributed by atoms with Gasteiger partial charge in [0.25, 0.3) is 0 Å². The zero-order valence-electron chi connectivity index (χ0n) is 9.48. The minimum Gasteiger partial charge on any atom is -0.497 e. The second-order valence-corrected chi connectivity index (χ2v) is 4.66. The Hall–Kier alpha value is -1.42. The van der Waals surface area contributed by atoms with Gasteiger partial charge in [-0.3, -0.25) is 9.69 Å². The number of benzene rings is 1. The number of carbonyl (C=O) groups excluding carboxylic acids is 1. The van der Waals surface area contributed by atoms with Crippen LogP contribution in [0.5, 0.6) is 5.75 Å². The largest absolute Gasteiger partial charge is 0.497 e. The number of hydrogen-bond donors (Lipinski definition) is 0. The molecule has 1 saturated heterocycles. The van der Waals surface area contributed by atoms with Crippen LogP contribution >= 0.6 is 12.2 Å². The summed E-state index contributed by atoms with van der Waals surface area (Å²) in [4.78, 5) is 14.1. The molecule has 0 aromatic heterocycles. The summed E-state index contributed by atoms with van der Waals surface area (Å²) in [6, 6.07) is 7.30. The van der Waals surface area contributed by atoms with Gasteiger partial charge < -0.3 is 4.74 Å². The summed E-state index contributed by atoms with van der Waals surface area (Å²) in [5, 5.41) is 0. The summed E-state index contributed by atoms with van der Waals surface area (Å²) in [5.41, 5.74) is 0.296. The topological polar surface area (TPSA) is 29.5 Å². The van der Waals surface area contributed by atoms with Gasteiger partial charge in [-0.15, -0.1) is 0 Å². The molecule has 16 heavy (non-hydrogen) atoms. The van der Waals surface area contributed by atoms with Gasteiger partial charge in [0.05, 0.1) is 12.5 Å². The molecule has 0 N–H and O–H groups in total. The third-order valence-corrected chi connectivity index (χ3v) is 3.50. The highest BCUT2D eigenvalue weighted by atomic mass is 32.1. The third kappa shape index (κ3) is 1.41. The number of anilines is 1. The highest BCUT2D eigenvalue weighted by molar-refractivity contribution is 7.81. The van der Waals surface area contributed by atoms with Crippen LogP contribution in [0.1, 0.15) is 13.8 Å². The van der Waals surface area contributed by atoms with Gasteiger partial charge in [-0.1, -0.05) is 12.2 Å². The first kappa shape index (κ1) is 11.1. The second kappa shape index (κ2) is 3.56. The van der Waals surface area contributed by atoms with Gasteiger partial charge in [0, 0.05) is 5.69 Å². The number of rotatable bonds is 2. The van der Waals surface area contributed by atoms with Crippen LogP contribution in [0.4, 0.5) is 5.69 Å². The van der Waals surface area contributed by atoms with Crippen LogP contribution in [-0.2, 0) is 4.79 Å². The fraction of sp³-hybridized carbons (Fsp3) is 0.333. The number of carbonyl (C=O) groups is 1. The molecule has 0 unspecified atom stereocenters. The van der Waals surface area contributed by atoms with E-state index in [9.17, 15) is 4.79 Å². The average molecular weight is 235 g/mol. The van der Waals surface area contributed by atoms with Gasteiger partial charge >= 0.3 is 0 Å². The van der Waals surface area contributed by atoms with Crippen LogP contribution in [0.3, 0.4) is 0 Å². The van der Waals surface area contributed by atoms with Crippen LogP contribution in [0, 0.1) is 5.41 Å². The first-order valence-electron chi connectivity index (χ1n) is 5.01. The summed E-state index contributed by atoms with van der Waals surface area (Å²) in [7, 11) is 1.61. The Morgan fingerprint density at radius 3 is 2.25 bits per heavy atom. The molecule has 84 valence electrons. The molecule has 0 atom stereocenters. The lowest BCUT2D eigenvalue weighted by Crippen LogP contribution is -2.62. The fourth-order valence-electron chi connectivity index (χ4n) is 1.66. The fourth-order valence-corrected chi connectivity index (χ4v) is 1.93. The molecule has 0 bridgehead atoms. The predicted octanol–water partition coefficient (Wildman–Crippen LogP) is 2.40. The molecular weight excluding hydrogens is 222 g/mol. The van der Waals surface area contributed by atoms with Crippen molar-refractivity contribution < 1.29 is 9.53 Å². The molecule has 1 fully saturated rings. The Bertz CT molecular complexity index is 433. The summed E-state index contributed by atoms with van der Waals surface area (Å²) in [6.07, 6.45) is 0. The van der Waals surface area contributed by atoms with E-state index < -0.39 is 5.41 Å². The molecule has 1 aliphatic heterocycles. The van der Waals surface area contributed by atoms with Gasteiger partial charge in [-0.25, -0.2) is 0 Å². The normalized spacial score (nSPS) is 18.3. The quantitative estimate of drug-likeness (QED) is 0.582. The zero-order chi connectivity index (χ0) is 11.9. The third-order valence-electron chi connectivity index (χ3n) is 2.81. The molecule has 1 heterocycles. The summed E-state index contributed by atoms with van der Waals surface area (Å²) in [5.74, 6) is 0.810. The summed E-state index contributed by atoms with van der Waals surface area (Å²) < 4.78 is 5.06. The van der Waals surface area contributed by atoms with Crippen molar-refractivity contribution in [1.29, 1.82) is 0 Å². The van der Waals surface area contributed by atoms with Gasteiger partial charge in [0.1, 0.15) is 10.7 Å². The number of ether oxygens (including phenoxy) is 1. The van der Waals surface area contributed by atoms with E-state index in [4.69, 9.17) is 17.0 Å². The first-order chi connectivity index (χ1) is 7.48. The Balaban J connectivity index is 2.27. The molecule has 1 aromatic rings. The Labute approximate surface area is 100 Å². The maximum Gasteiger partial charge on any atom is 0.244 e. The standard InChI is InChI=1S/C12H13NO2S/c1-12(2)10(14)13(11(12)16)8-4-6-9(15-3)7-5-8/h4-7H,1-3H3. The van der Waals surface area contributed by atoms with Crippen LogP contribution < -0.4 is 9.64 Å². The van der Waals surface area contributed by atoms with Crippen molar-refractivity contribution in [3.63, 3.8) is 0 Å². The number of nitrogens with zero attached hydrogens (tertiary/aromatic N) is 1. The van der Waals surface area contributed by atoms with Crippen LogP contribution in [0.2, 0.25) is 0 Å². The van der Waals surface area contributed by atoms with Crippen molar-refractivity contribution in [2.45, 2.75) is 13.8 Å². The molecule has 0 saturated carbocycles. The van der Waals surface area contributed by atoms with Crippen molar-refractivity contribution in [2.75, 3.05) is 12.0 Å². The van der Waals surface area contributed by atoms with E-state index in [1.54, 1.807) is 12.0 Å². The monoisotopic (exact) mass is 235 g/mol. The van der Waals surface area contributed by atoms with Crippen molar-refractivity contribution in [1.82, 2.24) is 0 Å². The van der Waals surface area contributed by atoms with Crippen LogP contribution in [0.15, 0.2) is 24.3 Å². The van der Waals surface area contributed by atoms with Crippen molar-refractivity contribution in [3.05, 3.63) is 24.3 Å². The smallest absolute Gasteiger partial charge is 0.244 e. The number of amides is 1. The van der Waals surface area contributed by atoms with Crippen LogP contribution in [0.25, 0.3) is 0 Å².